The number of fused-ring (bicyclic) bond motifs is 1. The number of thiophene rings is 1. The van der Waals surface area contributed by atoms with Crippen molar-refractivity contribution in [1.29, 1.82) is 0 Å². The Kier molecular flexibility index (Phi) is 6.74. The van der Waals surface area contributed by atoms with E-state index >= 15 is 0 Å². The number of anilines is 1. The lowest BCUT2D eigenvalue weighted by Gasteiger charge is -2.38. The molecule has 1 aliphatic rings. The quantitative estimate of drug-likeness (QED) is 0.517. The predicted octanol–water partition coefficient (Wildman–Crippen LogP) is 5.24. The van der Waals surface area contributed by atoms with Crippen LogP contribution >= 0.6 is 27.3 Å². The van der Waals surface area contributed by atoms with Gasteiger partial charge in [0.25, 0.3) is 0 Å². The first-order chi connectivity index (χ1) is 14.5. The molecule has 1 aromatic heterocycles. The zero-order valence-corrected chi connectivity index (χ0v) is 20.5. The van der Waals surface area contributed by atoms with E-state index in [0.717, 1.165) is 14.9 Å². The summed E-state index contributed by atoms with van der Waals surface area (Å²) in [4.78, 5) is 40.4. The van der Waals surface area contributed by atoms with Crippen LogP contribution in [-0.4, -0.2) is 35.4 Å². The van der Waals surface area contributed by atoms with E-state index in [9.17, 15) is 19.5 Å². The summed E-state index contributed by atoms with van der Waals surface area (Å²) in [7, 11) is 0. The average Bonchev–Trinajstić information content (AvgIpc) is 2.99. The lowest BCUT2D eigenvalue weighted by molar-refractivity contribution is -0.152. The van der Waals surface area contributed by atoms with Gasteiger partial charge in [-0.2, -0.15) is 0 Å². The molecule has 3 rings (SSSR count). The number of amides is 1. The van der Waals surface area contributed by atoms with Gasteiger partial charge in [-0.05, 0) is 61.7 Å². The van der Waals surface area contributed by atoms with Gasteiger partial charge in [-0.1, -0.05) is 30.3 Å². The number of carboxylic acid groups (broad SMARTS) is 1. The molecule has 1 unspecified atom stereocenters. The molecule has 0 bridgehead atoms. The SMILES string of the molecule is Cc1c(Br)sc2c1C(=O)C(C(C)(C)C(=O)O)C(=O)N2C[C@H](OC(C)C)c1ccccc1. The monoisotopic (exact) mass is 507 g/mol. The van der Waals surface area contributed by atoms with Gasteiger partial charge >= 0.3 is 5.97 Å². The first-order valence-electron chi connectivity index (χ1n) is 10.0. The number of rotatable bonds is 7. The lowest BCUT2D eigenvalue weighted by atomic mass is 9.72. The summed E-state index contributed by atoms with van der Waals surface area (Å²) in [6.45, 7) is 8.68. The highest BCUT2D eigenvalue weighted by molar-refractivity contribution is 9.11. The van der Waals surface area contributed by atoms with Gasteiger partial charge in [-0.3, -0.25) is 19.3 Å². The molecule has 1 amide bonds. The molecule has 0 radical (unpaired) electrons. The van der Waals surface area contributed by atoms with Gasteiger partial charge in [-0.25, -0.2) is 0 Å². The van der Waals surface area contributed by atoms with Gasteiger partial charge in [0, 0.05) is 0 Å². The minimum absolute atomic E-state index is 0.0886. The molecule has 0 fully saturated rings. The highest BCUT2D eigenvalue weighted by atomic mass is 79.9. The van der Waals surface area contributed by atoms with Gasteiger partial charge in [0.15, 0.2) is 5.78 Å². The third-order valence-corrected chi connectivity index (χ3v) is 7.75. The number of halogens is 1. The second kappa shape index (κ2) is 8.84. The van der Waals surface area contributed by atoms with Crippen LogP contribution in [0.5, 0.6) is 0 Å². The topological polar surface area (TPSA) is 83.9 Å². The van der Waals surface area contributed by atoms with Gasteiger partial charge in [-0.15, -0.1) is 11.3 Å². The van der Waals surface area contributed by atoms with Crippen LogP contribution in [0.15, 0.2) is 34.1 Å². The molecule has 1 aliphatic heterocycles. The Bertz CT molecular complexity index is 1010. The van der Waals surface area contributed by atoms with E-state index in [1.807, 2.05) is 44.2 Å². The minimum atomic E-state index is -1.55. The number of carboxylic acids is 1. The van der Waals surface area contributed by atoms with Gasteiger partial charge in [0.05, 0.1) is 27.4 Å². The third-order valence-electron chi connectivity index (χ3n) is 5.57. The van der Waals surface area contributed by atoms with E-state index < -0.39 is 35.1 Å². The number of nitrogens with zero attached hydrogens (tertiary/aromatic N) is 1. The molecule has 0 saturated heterocycles. The molecule has 1 N–H and O–H groups in total. The van der Waals surface area contributed by atoms with Crippen molar-refractivity contribution in [2.45, 2.75) is 46.8 Å². The van der Waals surface area contributed by atoms with Crippen LogP contribution in [0, 0.1) is 18.3 Å². The van der Waals surface area contributed by atoms with Gasteiger partial charge < -0.3 is 9.84 Å². The minimum Gasteiger partial charge on any atom is -0.481 e. The van der Waals surface area contributed by atoms with Crippen LogP contribution < -0.4 is 4.90 Å². The normalized spacial score (nSPS) is 17.8. The Labute approximate surface area is 194 Å². The molecule has 2 heterocycles. The molecule has 2 aromatic rings. The fraction of sp³-hybridized carbons (Fsp3) is 0.435. The lowest BCUT2D eigenvalue weighted by Crippen LogP contribution is -2.53. The van der Waals surface area contributed by atoms with Crippen molar-refractivity contribution in [3.63, 3.8) is 0 Å². The number of ether oxygens (including phenoxy) is 1. The van der Waals surface area contributed by atoms with Crippen molar-refractivity contribution in [2.24, 2.45) is 11.3 Å². The Morgan fingerprint density at radius 3 is 2.42 bits per heavy atom. The molecule has 2 atom stereocenters. The zero-order chi connectivity index (χ0) is 23.1. The van der Waals surface area contributed by atoms with E-state index in [4.69, 9.17) is 4.74 Å². The maximum absolute atomic E-state index is 13.6. The molecule has 166 valence electrons. The molecule has 0 saturated carbocycles. The van der Waals surface area contributed by atoms with Gasteiger partial charge in [0.2, 0.25) is 5.91 Å². The number of carbonyl (C=O) groups excluding carboxylic acids is 2. The number of hydrogen-bond donors (Lipinski definition) is 1. The summed E-state index contributed by atoms with van der Waals surface area (Å²) in [6, 6.07) is 9.58. The van der Waals surface area contributed by atoms with Crippen molar-refractivity contribution in [3.05, 3.63) is 50.8 Å². The molecule has 0 spiro atoms. The first kappa shape index (κ1) is 23.6. The predicted molar refractivity (Wildman–Crippen MR) is 124 cm³/mol. The maximum Gasteiger partial charge on any atom is 0.310 e. The molecule has 8 heteroatoms. The number of benzene rings is 1. The van der Waals surface area contributed by atoms with Crippen LogP contribution in [0.25, 0.3) is 0 Å². The number of carbonyl (C=O) groups is 3. The summed E-state index contributed by atoms with van der Waals surface area (Å²) >= 11 is 4.79. The van der Waals surface area contributed by atoms with Crippen LogP contribution in [0.1, 0.15) is 55.3 Å². The average molecular weight is 508 g/mol. The summed E-state index contributed by atoms with van der Waals surface area (Å²) in [5.41, 5.74) is 0.484. The molecular formula is C23H26BrNO5S. The number of Topliss-reactive ketones (excluding diaryl/α,β-unsaturated/α-hetero) is 1. The number of aliphatic carboxylic acids is 1. The van der Waals surface area contributed by atoms with Crippen LogP contribution in [0.2, 0.25) is 0 Å². The van der Waals surface area contributed by atoms with Crippen molar-refractivity contribution >= 4 is 49.9 Å². The third kappa shape index (κ3) is 4.33. The molecule has 31 heavy (non-hydrogen) atoms. The standard InChI is InChI=1S/C23H26BrNO5S/c1-12(2)30-15(14-9-7-6-8-10-14)11-25-20(27)17(23(4,5)22(28)29)18(26)16-13(3)19(24)31-21(16)25/h6-10,12,15,17H,11H2,1-5H3,(H,28,29)/t15-,17?/m0/s1. The highest BCUT2D eigenvalue weighted by Crippen LogP contribution is 2.47. The maximum atomic E-state index is 13.6. The van der Waals surface area contributed by atoms with E-state index in [0.29, 0.717) is 10.6 Å². The van der Waals surface area contributed by atoms with Gasteiger partial charge in [0.1, 0.15) is 17.0 Å². The second-order valence-corrected chi connectivity index (χ2v) is 10.9. The summed E-state index contributed by atoms with van der Waals surface area (Å²) in [6.07, 6.45) is -0.518. The fourth-order valence-electron chi connectivity index (χ4n) is 3.79. The Balaban J connectivity index is 2.12. The summed E-state index contributed by atoms with van der Waals surface area (Å²) < 4.78 is 6.88. The van der Waals surface area contributed by atoms with Crippen molar-refractivity contribution in [2.75, 3.05) is 11.4 Å². The Morgan fingerprint density at radius 1 is 1.26 bits per heavy atom. The van der Waals surface area contributed by atoms with E-state index in [-0.39, 0.29) is 12.6 Å². The van der Waals surface area contributed by atoms with Crippen LogP contribution in [0.4, 0.5) is 5.00 Å². The van der Waals surface area contributed by atoms with Crippen molar-refractivity contribution in [1.82, 2.24) is 0 Å². The smallest absolute Gasteiger partial charge is 0.310 e. The first-order valence-corrected chi connectivity index (χ1v) is 11.7. The Morgan fingerprint density at radius 2 is 1.87 bits per heavy atom. The van der Waals surface area contributed by atoms with Crippen LogP contribution in [0.3, 0.4) is 0 Å². The summed E-state index contributed by atoms with van der Waals surface area (Å²) in [5, 5.41) is 10.3. The number of ketones is 1. The van der Waals surface area contributed by atoms with Crippen molar-refractivity contribution < 1.29 is 24.2 Å². The molecule has 6 nitrogen and oxygen atoms in total. The Hall–Kier alpha value is -2.03. The van der Waals surface area contributed by atoms with Crippen LogP contribution in [-0.2, 0) is 14.3 Å². The van der Waals surface area contributed by atoms with E-state index in [1.165, 1.54) is 30.1 Å². The van der Waals surface area contributed by atoms with Crippen molar-refractivity contribution in [3.8, 4) is 0 Å². The zero-order valence-electron chi connectivity index (χ0n) is 18.1. The number of hydrogen-bond acceptors (Lipinski definition) is 5. The highest BCUT2D eigenvalue weighted by Gasteiger charge is 2.53. The van der Waals surface area contributed by atoms with E-state index in [1.54, 1.807) is 6.92 Å². The summed E-state index contributed by atoms with van der Waals surface area (Å²) in [5.74, 6) is -3.45. The molecule has 1 aromatic carbocycles. The fourth-order valence-corrected chi connectivity index (χ4v) is 5.50. The second-order valence-electron chi connectivity index (χ2n) is 8.54. The largest absolute Gasteiger partial charge is 0.481 e. The molecular weight excluding hydrogens is 482 g/mol. The van der Waals surface area contributed by atoms with E-state index in [2.05, 4.69) is 15.9 Å². The molecule has 0 aliphatic carbocycles.